The van der Waals surface area contributed by atoms with Crippen molar-refractivity contribution in [2.45, 2.75) is 65.2 Å². The van der Waals surface area contributed by atoms with Gasteiger partial charge in [-0.3, -0.25) is 0 Å². The van der Waals surface area contributed by atoms with E-state index in [1.54, 1.807) is 0 Å². The molecule has 0 aliphatic carbocycles. The predicted octanol–water partition coefficient (Wildman–Crippen LogP) is 3.86. The highest BCUT2D eigenvalue weighted by molar-refractivity contribution is 5.85. The third kappa shape index (κ3) is 14.1. The molecule has 0 radical (unpaired) electrons. The van der Waals surface area contributed by atoms with E-state index in [1.807, 2.05) is 0 Å². The minimum Gasteiger partial charge on any atom is -0.395 e. The molecule has 0 saturated heterocycles. The van der Waals surface area contributed by atoms with Gasteiger partial charge in [-0.1, -0.05) is 58.8 Å². The van der Waals surface area contributed by atoms with E-state index in [4.69, 9.17) is 5.11 Å². The molecule has 3 heteroatoms. The van der Waals surface area contributed by atoms with Gasteiger partial charge in [0.15, 0.2) is 0 Å². The first kappa shape index (κ1) is 19.5. The second-order valence-corrected chi connectivity index (χ2v) is 4.63. The van der Waals surface area contributed by atoms with Crippen LogP contribution < -0.4 is 0 Å². The molecule has 2 nitrogen and oxygen atoms in total. The molecule has 0 rings (SSSR count). The Morgan fingerprint density at radius 2 is 1.29 bits per heavy atom. The lowest BCUT2D eigenvalue weighted by Gasteiger charge is -2.18. The number of aliphatic hydroxyl groups excluding tert-OH is 1. The Hall–Kier alpha value is 0.210. The van der Waals surface area contributed by atoms with Gasteiger partial charge in [0.1, 0.15) is 0 Å². The van der Waals surface area contributed by atoms with Gasteiger partial charge in [-0.15, -0.1) is 12.4 Å². The van der Waals surface area contributed by atoms with Crippen LogP contribution in [0.2, 0.25) is 0 Å². The molecule has 0 heterocycles. The van der Waals surface area contributed by atoms with Crippen LogP contribution >= 0.6 is 12.4 Å². The van der Waals surface area contributed by atoms with Crippen LogP contribution in [0, 0.1) is 0 Å². The zero-order valence-corrected chi connectivity index (χ0v) is 12.6. The molecule has 0 bridgehead atoms. The fraction of sp³-hybridized carbons (Fsp3) is 1.00. The average Bonchev–Trinajstić information content (AvgIpc) is 2.31. The van der Waals surface area contributed by atoms with Crippen LogP contribution in [0.3, 0.4) is 0 Å². The van der Waals surface area contributed by atoms with Crippen molar-refractivity contribution in [3.63, 3.8) is 0 Å². The Morgan fingerprint density at radius 3 is 1.76 bits per heavy atom. The number of hydrogen-bond donors (Lipinski definition) is 1. The quantitative estimate of drug-likeness (QED) is 0.542. The van der Waals surface area contributed by atoms with Crippen LogP contribution in [0.1, 0.15) is 65.2 Å². The van der Waals surface area contributed by atoms with E-state index >= 15 is 0 Å². The number of rotatable bonds is 12. The second kappa shape index (κ2) is 16.2. The van der Waals surface area contributed by atoms with E-state index in [-0.39, 0.29) is 12.4 Å². The van der Waals surface area contributed by atoms with Crippen molar-refractivity contribution in [1.82, 2.24) is 4.90 Å². The Balaban J connectivity index is 0. The average molecular weight is 266 g/mol. The highest BCUT2D eigenvalue weighted by Gasteiger charge is 2.00. The molecular weight excluding hydrogens is 234 g/mol. The summed E-state index contributed by atoms with van der Waals surface area (Å²) >= 11 is 0. The normalized spacial score (nSPS) is 10.6. The third-order valence-electron chi connectivity index (χ3n) is 3.19. The lowest BCUT2D eigenvalue weighted by atomic mass is 10.1. The Morgan fingerprint density at radius 1 is 0.765 bits per heavy atom. The molecule has 0 fully saturated rings. The van der Waals surface area contributed by atoms with Crippen LogP contribution in [-0.2, 0) is 0 Å². The Kier molecular flexibility index (Phi) is 18.6. The molecule has 0 amide bonds. The van der Waals surface area contributed by atoms with E-state index in [9.17, 15) is 0 Å². The number of aliphatic hydroxyl groups is 1. The van der Waals surface area contributed by atoms with Gasteiger partial charge in [0.2, 0.25) is 0 Å². The minimum atomic E-state index is 0. The van der Waals surface area contributed by atoms with E-state index in [2.05, 4.69) is 18.7 Å². The molecule has 0 atom stereocenters. The second-order valence-electron chi connectivity index (χ2n) is 4.63. The zero-order chi connectivity index (χ0) is 12.1. The third-order valence-corrected chi connectivity index (χ3v) is 3.19. The van der Waals surface area contributed by atoms with E-state index < -0.39 is 0 Å². The molecule has 0 aliphatic rings. The first-order chi connectivity index (χ1) is 7.85. The summed E-state index contributed by atoms with van der Waals surface area (Å²) < 4.78 is 0. The van der Waals surface area contributed by atoms with Crippen LogP contribution in [0.4, 0.5) is 0 Å². The zero-order valence-electron chi connectivity index (χ0n) is 11.8. The summed E-state index contributed by atoms with van der Waals surface area (Å²) in [7, 11) is 0. The molecule has 0 aliphatic heterocycles. The highest BCUT2D eigenvalue weighted by atomic mass is 35.5. The SMILES string of the molecule is CCCCCCCCCCN(CC)CCO.Cl. The molecule has 0 spiro atoms. The maximum atomic E-state index is 8.85. The Labute approximate surface area is 114 Å². The van der Waals surface area contributed by atoms with Gasteiger partial charge in [-0.2, -0.15) is 0 Å². The number of unbranched alkanes of at least 4 members (excludes halogenated alkanes) is 7. The van der Waals surface area contributed by atoms with Gasteiger partial charge in [-0.05, 0) is 19.5 Å². The van der Waals surface area contributed by atoms with Crippen LogP contribution in [-0.4, -0.2) is 36.2 Å². The van der Waals surface area contributed by atoms with Gasteiger partial charge < -0.3 is 10.0 Å². The molecule has 0 unspecified atom stereocenters. The maximum Gasteiger partial charge on any atom is 0.0558 e. The fourth-order valence-electron chi connectivity index (χ4n) is 2.04. The number of halogens is 1. The van der Waals surface area contributed by atoms with E-state index in [0.717, 1.165) is 19.6 Å². The predicted molar refractivity (Wildman–Crippen MR) is 79.1 cm³/mol. The summed E-state index contributed by atoms with van der Waals surface area (Å²) in [5.74, 6) is 0. The summed E-state index contributed by atoms with van der Waals surface area (Å²) in [6.45, 7) is 7.79. The summed E-state index contributed by atoms with van der Waals surface area (Å²) in [6.07, 6.45) is 11.0. The fourth-order valence-corrected chi connectivity index (χ4v) is 2.04. The summed E-state index contributed by atoms with van der Waals surface area (Å²) in [5, 5.41) is 8.85. The summed E-state index contributed by atoms with van der Waals surface area (Å²) in [4.78, 5) is 2.33. The lowest BCUT2D eigenvalue weighted by molar-refractivity contribution is 0.199. The van der Waals surface area contributed by atoms with Crippen molar-refractivity contribution in [2.75, 3.05) is 26.2 Å². The molecule has 1 N–H and O–H groups in total. The molecular formula is C14H32ClNO. The first-order valence-corrected chi connectivity index (χ1v) is 7.18. The van der Waals surface area contributed by atoms with Crippen molar-refractivity contribution in [3.8, 4) is 0 Å². The van der Waals surface area contributed by atoms with E-state index in [1.165, 1.54) is 51.4 Å². The van der Waals surface area contributed by atoms with Crippen molar-refractivity contribution in [3.05, 3.63) is 0 Å². The van der Waals surface area contributed by atoms with Gasteiger partial charge in [-0.25, -0.2) is 0 Å². The van der Waals surface area contributed by atoms with Gasteiger partial charge in [0.25, 0.3) is 0 Å². The van der Waals surface area contributed by atoms with Crippen LogP contribution in [0.25, 0.3) is 0 Å². The Bertz CT molecular complexity index is 133. The topological polar surface area (TPSA) is 23.5 Å². The molecule has 17 heavy (non-hydrogen) atoms. The summed E-state index contributed by atoms with van der Waals surface area (Å²) in [6, 6.07) is 0. The largest absolute Gasteiger partial charge is 0.395 e. The first-order valence-electron chi connectivity index (χ1n) is 7.18. The van der Waals surface area contributed by atoms with Crippen LogP contribution in [0.15, 0.2) is 0 Å². The minimum absolute atomic E-state index is 0. The highest BCUT2D eigenvalue weighted by Crippen LogP contribution is 2.08. The maximum absolute atomic E-state index is 8.85. The van der Waals surface area contributed by atoms with Crippen LogP contribution in [0.5, 0.6) is 0 Å². The molecule has 106 valence electrons. The van der Waals surface area contributed by atoms with Gasteiger partial charge in [0.05, 0.1) is 6.61 Å². The summed E-state index contributed by atoms with van der Waals surface area (Å²) in [5.41, 5.74) is 0. The molecule has 0 aromatic carbocycles. The van der Waals surface area contributed by atoms with Gasteiger partial charge in [0, 0.05) is 6.54 Å². The lowest BCUT2D eigenvalue weighted by Crippen LogP contribution is -2.27. The van der Waals surface area contributed by atoms with Crippen molar-refractivity contribution < 1.29 is 5.11 Å². The number of hydrogen-bond acceptors (Lipinski definition) is 2. The van der Waals surface area contributed by atoms with Crippen molar-refractivity contribution in [2.24, 2.45) is 0 Å². The smallest absolute Gasteiger partial charge is 0.0558 e. The van der Waals surface area contributed by atoms with E-state index in [0.29, 0.717) is 6.61 Å². The van der Waals surface area contributed by atoms with Crippen molar-refractivity contribution in [1.29, 1.82) is 0 Å². The standard InChI is InChI=1S/C14H31NO.ClH/c1-3-5-6-7-8-9-10-11-12-15(4-2)13-14-16;/h16H,3-14H2,1-2H3;1H. The van der Waals surface area contributed by atoms with Crippen molar-refractivity contribution >= 4 is 12.4 Å². The molecule has 0 aromatic heterocycles. The number of likely N-dealkylation sites (N-methyl/N-ethyl adjacent to an activating group) is 1. The molecule has 0 saturated carbocycles. The molecule has 0 aromatic rings. The number of nitrogens with zero attached hydrogens (tertiary/aromatic N) is 1. The van der Waals surface area contributed by atoms with Gasteiger partial charge >= 0.3 is 0 Å². The monoisotopic (exact) mass is 265 g/mol.